The second-order valence-electron chi connectivity index (χ2n) is 4.61. The molecule has 0 aromatic carbocycles. The molecule has 5 nitrogen and oxygen atoms in total. The van der Waals surface area contributed by atoms with E-state index in [-0.39, 0.29) is 6.42 Å². The van der Waals surface area contributed by atoms with Gasteiger partial charge in [0.05, 0.1) is 6.61 Å². The van der Waals surface area contributed by atoms with Gasteiger partial charge in [-0.25, -0.2) is 0 Å². The van der Waals surface area contributed by atoms with Gasteiger partial charge in [0.15, 0.2) is 0 Å². The van der Waals surface area contributed by atoms with E-state index >= 15 is 0 Å². The summed E-state index contributed by atoms with van der Waals surface area (Å²) in [5.41, 5.74) is 0. The standard InChI is InChI=1S/C12H25O5P/c1-18(15,16)17-11-9-7-5-3-2-4-6-8-10-12(13)14/h2-11H2,1H3,(H,13,14)(H,15,16). The Labute approximate surface area is 109 Å². The fourth-order valence-electron chi connectivity index (χ4n) is 1.67. The number of carbonyl (C=O) groups is 1. The molecule has 0 spiro atoms. The second-order valence-corrected chi connectivity index (χ2v) is 6.47. The summed E-state index contributed by atoms with van der Waals surface area (Å²) in [7, 11) is -3.30. The highest BCUT2D eigenvalue weighted by Gasteiger charge is 2.08. The van der Waals surface area contributed by atoms with Gasteiger partial charge in [0, 0.05) is 13.1 Å². The van der Waals surface area contributed by atoms with Crippen molar-refractivity contribution < 1.29 is 23.9 Å². The molecule has 0 aliphatic carbocycles. The van der Waals surface area contributed by atoms with E-state index in [9.17, 15) is 9.36 Å². The van der Waals surface area contributed by atoms with Gasteiger partial charge in [0.25, 0.3) is 0 Å². The van der Waals surface area contributed by atoms with Crippen LogP contribution in [-0.4, -0.2) is 29.2 Å². The van der Waals surface area contributed by atoms with Crippen molar-refractivity contribution in [2.24, 2.45) is 0 Å². The van der Waals surface area contributed by atoms with Gasteiger partial charge in [-0.05, 0) is 12.8 Å². The Bertz CT molecular complexity index is 261. The van der Waals surface area contributed by atoms with E-state index < -0.39 is 13.6 Å². The summed E-state index contributed by atoms with van der Waals surface area (Å²) in [6, 6.07) is 0. The fourth-order valence-corrected chi connectivity index (χ4v) is 2.14. The van der Waals surface area contributed by atoms with Crippen LogP contribution in [0.4, 0.5) is 0 Å². The van der Waals surface area contributed by atoms with Crippen LogP contribution in [0.3, 0.4) is 0 Å². The summed E-state index contributed by atoms with van der Waals surface area (Å²) in [6.45, 7) is 1.55. The highest BCUT2D eigenvalue weighted by Crippen LogP contribution is 2.36. The van der Waals surface area contributed by atoms with Crippen molar-refractivity contribution in [3.63, 3.8) is 0 Å². The smallest absolute Gasteiger partial charge is 0.325 e. The van der Waals surface area contributed by atoms with E-state index in [1.54, 1.807) is 0 Å². The van der Waals surface area contributed by atoms with Crippen molar-refractivity contribution >= 4 is 13.6 Å². The summed E-state index contributed by atoms with van der Waals surface area (Å²) < 4.78 is 15.6. The second kappa shape index (κ2) is 10.5. The van der Waals surface area contributed by atoms with Gasteiger partial charge < -0.3 is 14.5 Å². The molecule has 0 aromatic rings. The summed E-state index contributed by atoms with van der Waals surface area (Å²) >= 11 is 0. The number of hydrogen-bond donors (Lipinski definition) is 2. The maximum Gasteiger partial charge on any atom is 0.325 e. The lowest BCUT2D eigenvalue weighted by Crippen LogP contribution is -1.93. The van der Waals surface area contributed by atoms with E-state index in [1.165, 1.54) is 6.66 Å². The molecular formula is C12H25O5P. The minimum atomic E-state index is -3.30. The zero-order valence-corrected chi connectivity index (χ0v) is 12.0. The predicted octanol–water partition coefficient (Wildman–Crippen LogP) is 3.41. The summed E-state index contributed by atoms with van der Waals surface area (Å²) in [6.07, 6.45) is 8.31. The number of hydrogen-bond acceptors (Lipinski definition) is 3. The first-order valence-electron chi connectivity index (χ1n) is 6.58. The van der Waals surface area contributed by atoms with Crippen LogP contribution in [0.5, 0.6) is 0 Å². The summed E-state index contributed by atoms with van der Waals surface area (Å²) in [4.78, 5) is 19.1. The molecule has 0 aliphatic heterocycles. The topological polar surface area (TPSA) is 83.8 Å². The van der Waals surface area contributed by atoms with E-state index in [1.807, 2.05) is 0 Å². The Morgan fingerprint density at radius 3 is 1.89 bits per heavy atom. The van der Waals surface area contributed by atoms with Crippen molar-refractivity contribution in [3.8, 4) is 0 Å². The minimum Gasteiger partial charge on any atom is -0.481 e. The molecule has 18 heavy (non-hydrogen) atoms. The highest BCUT2D eigenvalue weighted by molar-refractivity contribution is 7.51. The molecule has 108 valence electrons. The van der Waals surface area contributed by atoms with Crippen molar-refractivity contribution in [1.82, 2.24) is 0 Å². The lowest BCUT2D eigenvalue weighted by atomic mass is 10.1. The lowest BCUT2D eigenvalue weighted by molar-refractivity contribution is -0.137. The third-order valence-electron chi connectivity index (χ3n) is 2.62. The molecule has 0 saturated carbocycles. The maximum atomic E-state index is 10.8. The first kappa shape index (κ1) is 17.6. The zero-order valence-electron chi connectivity index (χ0n) is 11.1. The molecule has 0 aliphatic rings. The minimum absolute atomic E-state index is 0.273. The molecule has 6 heteroatoms. The Balaban J connectivity index is 3.08. The van der Waals surface area contributed by atoms with Crippen LogP contribution in [0.2, 0.25) is 0 Å². The van der Waals surface area contributed by atoms with Gasteiger partial charge >= 0.3 is 13.6 Å². The van der Waals surface area contributed by atoms with Crippen LogP contribution in [0, 0.1) is 0 Å². The van der Waals surface area contributed by atoms with E-state index in [0.717, 1.165) is 51.4 Å². The van der Waals surface area contributed by atoms with Gasteiger partial charge in [-0.15, -0.1) is 0 Å². The van der Waals surface area contributed by atoms with Gasteiger partial charge in [0.1, 0.15) is 0 Å². The Hall–Kier alpha value is -0.380. The third-order valence-corrected chi connectivity index (χ3v) is 3.28. The monoisotopic (exact) mass is 280 g/mol. The molecule has 0 rings (SSSR count). The normalized spacial score (nSPS) is 14.3. The fraction of sp³-hybridized carbons (Fsp3) is 0.917. The van der Waals surface area contributed by atoms with Crippen LogP contribution in [0.1, 0.15) is 57.8 Å². The van der Waals surface area contributed by atoms with Crippen LogP contribution in [0.15, 0.2) is 0 Å². The van der Waals surface area contributed by atoms with Crippen molar-refractivity contribution in [3.05, 3.63) is 0 Å². The number of aliphatic carboxylic acids is 1. The summed E-state index contributed by atoms with van der Waals surface area (Å²) in [5, 5.41) is 8.44. The van der Waals surface area contributed by atoms with Crippen LogP contribution >= 0.6 is 7.60 Å². The van der Waals surface area contributed by atoms with E-state index in [2.05, 4.69) is 0 Å². The zero-order chi connectivity index (χ0) is 13.9. The number of unbranched alkanes of at least 4 members (excludes halogenated alkanes) is 7. The molecule has 1 unspecified atom stereocenters. The molecule has 0 aromatic heterocycles. The maximum absolute atomic E-state index is 10.8. The molecule has 0 amide bonds. The molecule has 2 N–H and O–H groups in total. The quantitative estimate of drug-likeness (QED) is 0.422. The van der Waals surface area contributed by atoms with Crippen molar-refractivity contribution in [2.45, 2.75) is 57.8 Å². The average Bonchev–Trinajstić information content (AvgIpc) is 2.24. The largest absolute Gasteiger partial charge is 0.481 e. The number of carboxylic acid groups (broad SMARTS) is 1. The van der Waals surface area contributed by atoms with Gasteiger partial charge in [-0.2, -0.15) is 0 Å². The third kappa shape index (κ3) is 15.6. The molecule has 0 fully saturated rings. The molecule has 1 atom stereocenters. The Morgan fingerprint density at radius 2 is 1.44 bits per heavy atom. The van der Waals surface area contributed by atoms with Crippen LogP contribution in [0.25, 0.3) is 0 Å². The van der Waals surface area contributed by atoms with Crippen molar-refractivity contribution in [2.75, 3.05) is 13.3 Å². The van der Waals surface area contributed by atoms with Crippen molar-refractivity contribution in [1.29, 1.82) is 0 Å². The molecule has 0 heterocycles. The van der Waals surface area contributed by atoms with E-state index in [0.29, 0.717) is 6.61 Å². The first-order valence-corrected chi connectivity index (χ1v) is 8.61. The summed E-state index contributed by atoms with van der Waals surface area (Å²) in [5.74, 6) is -0.716. The van der Waals surface area contributed by atoms with Gasteiger partial charge in [-0.3, -0.25) is 9.36 Å². The van der Waals surface area contributed by atoms with Gasteiger partial charge in [-0.1, -0.05) is 38.5 Å². The molecule has 0 radical (unpaired) electrons. The molecule has 0 saturated heterocycles. The Morgan fingerprint density at radius 1 is 1.00 bits per heavy atom. The predicted molar refractivity (Wildman–Crippen MR) is 70.9 cm³/mol. The number of rotatable bonds is 12. The Kier molecular flexibility index (Phi) is 10.3. The average molecular weight is 280 g/mol. The van der Waals surface area contributed by atoms with Gasteiger partial charge in [0.2, 0.25) is 0 Å². The molecular weight excluding hydrogens is 255 g/mol. The van der Waals surface area contributed by atoms with Crippen LogP contribution in [-0.2, 0) is 13.9 Å². The first-order chi connectivity index (χ1) is 8.42. The SMILES string of the molecule is CP(=O)(O)OCCCCCCCCCCC(=O)O. The molecule has 0 bridgehead atoms. The van der Waals surface area contributed by atoms with Crippen LogP contribution < -0.4 is 0 Å². The number of carboxylic acids is 1. The lowest BCUT2D eigenvalue weighted by Gasteiger charge is -2.06. The van der Waals surface area contributed by atoms with E-state index in [4.69, 9.17) is 14.5 Å². The highest BCUT2D eigenvalue weighted by atomic mass is 31.2.